The van der Waals surface area contributed by atoms with Crippen molar-refractivity contribution in [1.82, 2.24) is 5.32 Å². The van der Waals surface area contributed by atoms with Gasteiger partial charge in [-0.15, -0.1) is 0 Å². The molecule has 1 amide bonds. The van der Waals surface area contributed by atoms with E-state index in [4.69, 9.17) is 28.4 Å². The number of carbonyl (C=O) groups is 1. The first-order valence-electron chi connectivity index (χ1n) is 27.4. The van der Waals surface area contributed by atoms with Crippen LogP contribution in [-0.4, -0.2) is 193 Å². The Labute approximate surface area is 423 Å². The lowest BCUT2D eigenvalue weighted by molar-refractivity contribution is -0.379. The first-order chi connectivity index (χ1) is 34.3. The third-order valence-corrected chi connectivity index (χ3v) is 14.1. The molecule has 17 atom stereocenters. The third kappa shape index (κ3) is 22.7. The normalized spacial score (nSPS) is 32.3. The molecule has 3 aliphatic heterocycles. The molecule has 3 fully saturated rings. The maximum absolute atomic E-state index is 13.0. The third-order valence-electron chi connectivity index (χ3n) is 14.1. The highest BCUT2D eigenvalue weighted by Gasteiger charge is 2.53. The van der Waals surface area contributed by atoms with Crippen LogP contribution in [0.4, 0.5) is 0 Å². The van der Waals surface area contributed by atoms with Crippen molar-refractivity contribution in [2.24, 2.45) is 0 Å². The number of unbranched alkanes of at least 4 members (excludes halogenated alkanes) is 23. The van der Waals surface area contributed by atoms with Crippen LogP contribution < -0.4 is 5.32 Å². The Morgan fingerprint density at radius 1 is 0.493 bits per heavy atom. The van der Waals surface area contributed by atoms with Crippen molar-refractivity contribution in [3.63, 3.8) is 0 Å². The minimum atomic E-state index is -1.97. The van der Waals surface area contributed by atoms with Crippen molar-refractivity contribution in [1.29, 1.82) is 0 Å². The maximum atomic E-state index is 13.0. The second-order valence-corrected chi connectivity index (χ2v) is 20.1. The maximum Gasteiger partial charge on any atom is 0.220 e. The SMILES string of the molecule is CCCCCCCCCCCCCCCCCCCCCC/C=C/C(O)C(COC1OC(CO)C(OC2OC(CO)C(OC3OC(CO)C(O)C(O)C3O)C(O)C2O)C(O)C1O)NC(=O)CCCCCC. The molecule has 0 saturated carbocycles. The summed E-state index contributed by atoms with van der Waals surface area (Å²) in [5.41, 5.74) is 0. The van der Waals surface area contributed by atoms with E-state index in [0.717, 1.165) is 44.9 Å². The van der Waals surface area contributed by atoms with Gasteiger partial charge in [0.2, 0.25) is 5.91 Å². The van der Waals surface area contributed by atoms with Gasteiger partial charge < -0.3 is 89.9 Å². The summed E-state index contributed by atoms with van der Waals surface area (Å²) in [4.78, 5) is 13.0. The zero-order valence-electron chi connectivity index (χ0n) is 43.0. The van der Waals surface area contributed by atoms with Crippen molar-refractivity contribution in [2.45, 2.75) is 285 Å². The summed E-state index contributed by atoms with van der Waals surface area (Å²) < 4.78 is 34.0. The lowest BCUT2D eigenvalue weighted by atomic mass is 9.96. The number of aliphatic hydroxyl groups is 11. The molecule has 0 bridgehead atoms. The molecule has 0 aromatic carbocycles. The lowest BCUT2D eigenvalue weighted by Gasteiger charge is -2.48. The Hall–Kier alpha value is -1.47. The molecule has 0 aliphatic carbocycles. The minimum Gasteiger partial charge on any atom is -0.394 e. The standard InChI is InChI=1S/C52H97NO18/c1-3-5-7-9-10-11-12-13-14-15-16-17-18-19-20-21-22-23-24-25-26-27-29-36(57)35(53-40(58)30-28-8-6-4-2)34-66-50-46(64)43(61)48(38(32-55)68-50)71-52-47(65)44(62)49(39(33-56)69-52)70-51-45(63)42(60)41(59)37(31-54)67-51/h27,29,35-39,41-52,54-57,59-65H,3-26,28,30-34H2,1-2H3,(H,53,58)/b29-27+. The van der Waals surface area contributed by atoms with Crippen LogP contribution in [0.25, 0.3) is 0 Å². The van der Waals surface area contributed by atoms with Crippen molar-refractivity contribution < 1.29 is 89.4 Å². The summed E-state index contributed by atoms with van der Waals surface area (Å²) in [7, 11) is 0. The van der Waals surface area contributed by atoms with E-state index in [1.807, 2.05) is 6.08 Å². The lowest BCUT2D eigenvalue weighted by Crippen LogP contribution is -2.66. The fraction of sp³-hybridized carbons (Fsp3) is 0.942. The molecule has 3 heterocycles. The Morgan fingerprint density at radius 2 is 0.873 bits per heavy atom. The molecule has 12 N–H and O–H groups in total. The zero-order chi connectivity index (χ0) is 52.0. The number of ether oxygens (including phenoxy) is 6. The Bertz CT molecular complexity index is 1360. The van der Waals surface area contributed by atoms with Crippen LogP contribution in [0, 0.1) is 0 Å². The van der Waals surface area contributed by atoms with Crippen molar-refractivity contribution in [2.75, 3.05) is 26.4 Å². The van der Waals surface area contributed by atoms with Gasteiger partial charge in [0.15, 0.2) is 18.9 Å². The van der Waals surface area contributed by atoms with Gasteiger partial charge in [0, 0.05) is 6.42 Å². The quantitative estimate of drug-likeness (QED) is 0.0311. The van der Waals surface area contributed by atoms with Gasteiger partial charge >= 0.3 is 0 Å². The second kappa shape index (κ2) is 37.3. The number of amides is 1. The van der Waals surface area contributed by atoms with E-state index < -0.39 is 124 Å². The summed E-state index contributed by atoms with van der Waals surface area (Å²) in [6.07, 6.45) is 7.31. The largest absolute Gasteiger partial charge is 0.394 e. The number of carbonyl (C=O) groups excluding carboxylic acids is 1. The van der Waals surface area contributed by atoms with Crippen LogP contribution in [0.1, 0.15) is 181 Å². The van der Waals surface area contributed by atoms with Crippen molar-refractivity contribution in [3.05, 3.63) is 12.2 Å². The van der Waals surface area contributed by atoms with E-state index in [2.05, 4.69) is 19.2 Å². The van der Waals surface area contributed by atoms with Gasteiger partial charge in [-0.25, -0.2) is 0 Å². The van der Waals surface area contributed by atoms with Crippen molar-refractivity contribution in [3.8, 4) is 0 Å². The number of nitrogens with one attached hydrogen (secondary N) is 1. The van der Waals surface area contributed by atoms with Crippen LogP contribution >= 0.6 is 0 Å². The number of hydrogen-bond donors (Lipinski definition) is 12. The highest BCUT2D eigenvalue weighted by atomic mass is 16.8. The van der Waals surface area contributed by atoms with Crippen LogP contribution in [0.3, 0.4) is 0 Å². The van der Waals surface area contributed by atoms with Crippen LogP contribution in [-0.2, 0) is 33.2 Å². The molecule has 19 heteroatoms. The molecule has 19 nitrogen and oxygen atoms in total. The second-order valence-electron chi connectivity index (χ2n) is 20.1. The summed E-state index contributed by atoms with van der Waals surface area (Å²) >= 11 is 0. The smallest absolute Gasteiger partial charge is 0.220 e. The van der Waals surface area contributed by atoms with Gasteiger partial charge in [-0.05, 0) is 19.3 Å². The Balaban J connectivity index is 1.44. The van der Waals surface area contributed by atoms with Gasteiger partial charge in [0.1, 0.15) is 73.2 Å². The molecular weight excluding hydrogens is 927 g/mol. The molecule has 0 aromatic rings. The first-order valence-corrected chi connectivity index (χ1v) is 27.4. The van der Waals surface area contributed by atoms with E-state index in [0.29, 0.717) is 6.42 Å². The molecule has 3 aliphatic rings. The van der Waals surface area contributed by atoms with E-state index in [9.17, 15) is 61.0 Å². The van der Waals surface area contributed by atoms with Gasteiger partial charge in [0.05, 0.1) is 38.6 Å². The highest BCUT2D eigenvalue weighted by molar-refractivity contribution is 5.76. The summed E-state index contributed by atoms with van der Waals surface area (Å²) in [6.45, 7) is 1.57. The molecule has 17 unspecified atom stereocenters. The summed E-state index contributed by atoms with van der Waals surface area (Å²) in [6, 6.07) is -0.963. The number of aliphatic hydroxyl groups excluding tert-OH is 11. The fourth-order valence-corrected chi connectivity index (χ4v) is 9.48. The van der Waals surface area contributed by atoms with E-state index in [1.165, 1.54) is 109 Å². The number of allylic oxidation sites excluding steroid dienone is 1. The molecule has 0 spiro atoms. The van der Waals surface area contributed by atoms with E-state index >= 15 is 0 Å². The molecule has 3 rings (SSSR count). The van der Waals surface area contributed by atoms with Crippen LogP contribution in [0.5, 0.6) is 0 Å². The molecule has 0 aromatic heterocycles. The summed E-state index contributed by atoms with van der Waals surface area (Å²) in [5.74, 6) is -0.293. The molecule has 418 valence electrons. The predicted molar refractivity (Wildman–Crippen MR) is 263 cm³/mol. The van der Waals surface area contributed by atoms with Gasteiger partial charge in [-0.3, -0.25) is 4.79 Å². The monoisotopic (exact) mass is 1020 g/mol. The van der Waals surface area contributed by atoms with E-state index in [-0.39, 0.29) is 18.9 Å². The van der Waals surface area contributed by atoms with Gasteiger partial charge in [-0.2, -0.15) is 0 Å². The molecule has 0 radical (unpaired) electrons. The fourth-order valence-electron chi connectivity index (χ4n) is 9.48. The summed E-state index contributed by atoms with van der Waals surface area (Å²) in [5, 5.41) is 119. The molecular formula is C52H97NO18. The predicted octanol–water partition coefficient (Wildman–Crippen LogP) is 3.04. The Kier molecular flexibility index (Phi) is 33.5. The molecule has 3 saturated heterocycles. The van der Waals surface area contributed by atoms with Gasteiger partial charge in [-0.1, -0.05) is 167 Å². The topological polar surface area (TPSA) is 307 Å². The number of rotatable bonds is 39. The minimum absolute atomic E-state index is 0.237. The zero-order valence-corrected chi connectivity index (χ0v) is 43.0. The van der Waals surface area contributed by atoms with Crippen LogP contribution in [0.15, 0.2) is 12.2 Å². The average molecular weight is 1020 g/mol. The number of hydrogen-bond acceptors (Lipinski definition) is 18. The van der Waals surface area contributed by atoms with E-state index in [1.54, 1.807) is 6.08 Å². The van der Waals surface area contributed by atoms with Crippen molar-refractivity contribution >= 4 is 5.91 Å². The van der Waals surface area contributed by atoms with Gasteiger partial charge in [0.25, 0.3) is 0 Å². The average Bonchev–Trinajstić information content (AvgIpc) is 3.37. The first kappa shape index (κ1) is 63.8. The van der Waals surface area contributed by atoms with Crippen LogP contribution in [0.2, 0.25) is 0 Å². The Morgan fingerprint density at radius 3 is 1.32 bits per heavy atom. The highest BCUT2D eigenvalue weighted by Crippen LogP contribution is 2.33. The molecule has 71 heavy (non-hydrogen) atoms.